The number of allylic oxidation sites excluding steroid dienone is 2. The summed E-state index contributed by atoms with van der Waals surface area (Å²) in [6.07, 6.45) is 0.764. The largest absolute Gasteiger partial charge is 0.507 e. The van der Waals surface area contributed by atoms with Gasteiger partial charge < -0.3 is 30.6 Å². The Labute approximate surface area is 229 Å². The minimum Gasteiger partial charge on any atom is -0.507 e. The number of benzene rings is 2. The molecule has 0 heterocycles. The number of aliphatic hydroxyl groups excluding tert-OH is 1. The predicted octanol–water partition coefficient (Wildman–Crippen LogP) is 5.79. The molecular formula is C31H40O8. The van der Waals surface area contributed by atoms with Crippen LogP contribution in [-0.2, 0) is 12.8 Å². The quantitative estimate of drug-likeness (QED) is 0.155. The molecule has 2 unspecified atom stereocenters. The van der Waals surface area contributed by atoms with Gasteiger partial charge in [-0.25, -0.2) is 0 Å². The molecule has 2 aromatic rings. The van der Waals surface area contributed by atoms with Gasteiger partial charge in [0, 0.05) is 29.0 Å². The third-order valence-electron chi connectivity index (χ3n) is 6.78. The maximum absolute atomic E-state index is 12.6. The molecule has 6 N–H and O–H groups in total. The predicted molar refractivity (Wildman–Crippen MR) is 150 cm³/mol. The Bertz CT molecular complexity index is 1330. The van der Waals surface area contributed by atoms with E-state index in [1.54, 1.807) is 6.92 Å². The highest BCUT2D eigenvalue weighted by Gasteiger charge is 2.35. The summed E-state index contributed by atoms with van der Waals surface area (Å²) >= 11 is 0. The zero-order valence-electron chi connectivity index (χ0n) is 23.7. The van der Waals surface area contributed by atoms with E-state index in [2.05, 4.69) is 6.58 Å². The van der Waals surface area contributed by atoms with E-state index in [-0.39, 0.29) is 53.2 Å². The van der Waals surface area contributed by atoms with Gasteiger partial charge in [0.1, 0.15) is 34.3 Å². The smallest absolute Gasteiger partial charge is 0.167 e. The van der Waals surface area contributed by atoms with Crippen LogP contribution >= 0.6 is 0 Å². The van der Waals surface area contributed by atoms with Crippen molar-refractivity contribution in [1.29, 1.82) is 0 Å². The van der Waals surface area contributed by atoms with Gasteiger partial charge in [-0.05, 0) is 65.0 Å². The molecule has 0 amide bonds. The Morgan fingerprint density at radius 3 is 1.87 bits per heavy atom. The van der Waals surface area contributed by atoms with Crippen molar-refractivity contribution in [2.75, 3.05) is 0 Å². The first-order chi connectivity index (χ1) is 18.0. The summed E-state index contributed by atoms with van der Waals surface area (Å²) in [5.74, 6) is -5.19. The van der Waals surface area contributed by atoms with E-state index in [9.17, 15) is 40.2 Å². The lowest BCUT2D eigenvalue weighted by molar-refractivity contribution is 0.1000. The van der Waals surface area contributed by atoms with E-state index >= 15 is 0 Å². The molecular weight excluding hydrogens is 500 g/mol. The fraction of sp³-hybridized carbons (Fsp3) is 0.419. The van der Waals surface area contributed by atoms with E-state index in [0.29, 0.717) is 11.1 Å². The summed E-state index contributed by atoms with van der Waals surface area (Å²) in [6, 6.07) is 1.41. The van der Waals surface area contributed by atoms with Crippen molar-refractivity contribution in [3.8, 4) is 28.7 Å². The van der Waals surface area contributed by atoms with Crippen molar-refractivity contribution in [3.05, 3.63) is 63.2 Å². The molecule has 2 aromatic carbocycles. The summed E-state index contributed by atoms with van der Waals surface area (Å²) in [5, 5.41) is 66.7. The molecule has 0 fully saturated rings. The van der Waals surface area contributed by atoms with Gasteiger partial charge in [-0.15, -0.1) is 0 Å². The number of rotatable bonds is 11. The van der Waals surface area contributed by atoms with Crippen LogP contribution in [0, 0.1) is 5.92 Å². The van der Waals surface area contributed by atoms with Gasteiger partial charge in [0.15, 0.2) is 11.6 Å². The SMILES string of the molecule is C=C(C)C(O)Cc1c(O)c(C(C)=O)c(O)c(C(CC(C)C)c2c(O)c(CC=C(C)C)cc(C(C)=O)c2O)c1O. The highest BCUT2D eigenvalue weighted by atomic mass is 16.3. The number of aromatic hydroxyl groups is 5. The van der Waals surface area contributed by atoms with E-state index in [1.165, 1.54) is 13.0 Å². The number of carbonyl (C=O) groups is 2. The molecule has 2 rings (SSSR count). The molecule has 39 heavy (non-hydrogen) atoms. The number of aliphatic hydroxyl groups is 1. The Hall–Kier alpha value is -3.78. The Morgan fingerprint density at radius 2 is 1.41 bits per heavy atom. The van der Waals surface area contributed by atoms with E-state index in [1.807, 2.05) is 33.8 Å². The van der Waals surface area contributed by atoms with Crippen molar-refractivity contribution in [3.63, 3.8) is 0 Å². The summed E-state index contributed by atoms with van der Waals surface area (Å²) in [7, 11) is 0. The number of phenolic OH excluding ortho intramolecular Hbond substituents is 5. The van der Waals surface area contributed by atoms with Gasteiger partial charge in [-0.2, -0.15) is 0 Å². The molecule has 2 atom stereocenters. The van der Waals surface area contributed by atoms with Crippen molar-refractivity contribution in [1.82, 2.24) is 0 Å². The number of Topliss-reactive ketones (excluding diaryl/α,β-unsaturated/α-hetero) is 2. The minimum atomic E-state index is -1.18. The van der Waals surface area contributed by atoms with Gasteiger partial charge in [0.25, 0.3) is 0 Å². The highest BCUT2D eigenvalue weighted by Crippen LogP contribution is 2.53. The Morgan fingerprint density at radius 1 is 0.846 bits per heavy atom. The second kappa shape index (κ2) is 12.4. The Kier molecular flexibility index (Phi) is 9.98. The van der Waals surface area contributed by atoms with Crippen molar-refractivity contribution in [2.24, 2.45) is 5.92 Å². The molecule has 0 saturated carbocycles. The second-order valence-electron chi connectivity index (χ2n) is 10.9. The van der Waals surface area contributed by atoms with Gasteiger partial charge >= 0.3 is 0 Å². The van der Waals surface area contributed by atoms with Gasteiger partial charge in [-0.3, -0.25) is 9.59 Å². The number of carbonyl (C=O) groups excluding carboxylic acids is 2. The van der Waals surface area contributed by atoms with Crippen molar-refractivity contribution < 1.29 is 40.2 Å². The maximum Gasteiger partial charge on any atom is 0.167 e. The van der Waals surface area contributed by atoms with Crippen LogP contribution in [0.5, 0.6) is 28.7 Å². The number of hydrogen-bond acceptors (Lipinski definition) is 8. The molecule has 212 valence electrons. The van der Waals surface area contributed by atoms with Crippen LogP contribution < -0.4 is 0 Å². The van der Waals surface area contributed by atoms with Crippen molar-refractivity contribution >= 4 is 11.6 Å². The fourth-order valence-electron chi connectivity index (χ4n) is 4.67. The molecule has 0 aliphatic heterocycles. The first kappa shape index (κ1) is 31.4. The van der Waals surface area contributed by atoms with Crippen LogP contribution in [0.15, 0.2) is 29.9 Å². The lowest BCUT2D eigenvalue weighted by Crippen LogP contribution is -2.15. The first-order valence-electron chi connectivity index (χ1n) is 12.9. The van der Waals surface area contributed by atoms with Crippen LogP contribution in [-0.4, -0.2) is 48.3 Å². The molecule has 0 bridgehead atoms. The summed E-state index contributed by atoms with van der Waals surface area (Å²) < 4.78 is 0. The maximum atomic E-state index is 12.6. The molecule has 0 saturated heterocycles. The van der Waals surface area contributed by atoms with Crippen LogP contribution in [0.3, 0.4) is 0 Å². The van der Waals surface area contributed by atoms with Crippen LogP contribution in [0.2, 0.25) is 0 Å². The zero-order chi connectivity index (χ0) is 29.9. The molecule has 0 aliphatic carbocycles. The monoisotopic (exact) mass is 540 g/mol. The van der Waals surface area contributed by atoms with Gasteiger partial charge in [-0.1, -0.05) is 37.6 Å². The normalized spacial score (nSPS) is 12.7. The van der Waals surface area contributed by atoms with Gasteiger partial charge in [0.05, 0.1) is 11.7 Å². The number of phenols is 5. The molecule has 8 nitrogen and oxygen atoms in total. The molecule has 0 radical (unpaired) electrons. The van der Waals surface area contributed by atoms with Crippen LogP contribution in [0.25, 0.3) is 0 Å². The van der Waals surface area contributed by atoms with Gasteiger partial charge in [0.2, 0.25) is 0 Å². The zero-order valence-corrected chi connectivity index (χ0v) is 23.7. The molecule has 0 spiro atoms. The fourth-order valence-corrected chi connectivity index (χ4v) is 4.67. The lowest BCUT2D eigenvalue weighted by Gasteiger charge is -2.28. The summed E-state index contributed by atoms with van der Waals surface area (Å²) in [4.78, 5) is 25.0. The minimum absolute atomic E-state index is 0.0452. The Balaban J connectivity index is 3.10. The van der Waals surface area contributed by atoms with E-state index in [0.717, 1.165) is 12.5 Å². The number of ketones is 2. The molecule has 0 aromatic heterocycles. The summed E-state index contributed by atoms with van der Waals surface area (Å²) in [6.45, 7) is 15.1. The lowest BCUT2D eigenvalue weighted by atomic mass is 9.78. The van der Waals surface area contributed by atoms with E-state index < -0.39 is 52.1 Å². The second-order valence-corrected chi connectivity index (χ2v) is 10.9. The third kappa shape index (κ3) is 6.63. The van der Waals surface area contributed by atoms with Crippen LogP contribution in [0.1, 0.15) is 104 Å². The average Bonchev–Trinajstić information content (AvgIpc) is 2.80. The standard InChI is InChI=1S/C31H40O8/c1-14(2)9-10-19-12-20(17(7)32)28(36)25(27(19)35)21(11-15(3)4)26-30(38)22(13-23(34)16(5)6)29(37)24(18(8)33)31(26)39/h9,12,15,21,23,34-39H,5,10-11,13H2,1-4,6-8H3. The third-order valence-corrected chi connectivity index (χ3v) is 6.78. The average molecular weight is 541 g/mol. The van der Waals surface area contributed by atoms with E-state index in [4.69, 9.17) is 0 Å². The molecule has 8 heteroatoms. The first-order valence-corrected chi connectivity index (χ1v) is 12.9. The topological polar surface area (TPSA) is 156 Å². The number of hydrogen-bond donors (Lipinski definition) is 6. The highest BCUT2D eigenvalue weighted by molar-refractivity contribution is 6.01. The van der Waals surface area contributed by atoms with Crippen LogP contribution in [0.4, 0.5) is 0 Å². The molecule has 0 aliphatic rings. The van der Waals surface area contributed by atoms with Crippen molar-refractivity contribution in [2.45, 2.75) is 79.8 Å². The summed E-state index contributed by atoms with van der Waals surface area (Å²) in [5.41, 5.74) is 0.658.